The zero-order chi connectivity index (χ0) is 17.5. The Balaban J connectivity index is 1.87. The Kier molecular flexibility index (Phi) is 5.90. The number of methoxy groups -OCH3 is 2. The lowest BCUT2D eigenvalue weighted by molar-refractivity contribution is 0.114. The fraction of sp³-hybridized carbons (Fsp3) is 0.350. The van der Waals surface area contributed by atoms with Gasteiger partial charge in [0.05, 0.1) is 24.8 Å². The number of H-pyrrole nitrogens is 1. The van der Waals surface area contributed by atoms with Gasteiger partial charge in [0.25, 0.3) is 0 Å². The molecule has 1 aromatic carbocycles. The zero-order valence-corrected chi connectivity index (χ0v) is 14.7. The smallest absolute Gasteiger partial charge is 0.134 e. The molecule has 5 heteroatoms. The number of ether oxygens (including phenoxy) is 3. The summed E-state index contributed by atoms with van der Waals surface area (Å²) >= 11 is 0. The first-order chi connectivity index (χ1) is 12.3. The molecule has 0 unspecified atom stereocenters. The van der Waals surface area contributed by atoms with E-state index in [-0.39, 0.29) is 0 Å². The van der Waals surface area contributed by atoms with Crippen molar-refractivity contribution in [1.29, 1.82) is 0 Å². The third kappa shape index (κ3) is 4.51. The van der Waals surface area contributed by atoms with Gasteiger partial charge in [-0.2, -0.15) is 0 Å². The summed E-state index contributed by atoms with van der Waals surface area (Å²) < 4.78 is 16.1. The third-order valence-corrected chi connectivity index (χ3v) is 4.10. The molecule has 0 saturated carbocycles. The van der Waals surface area contributed by atoms with E-state index in [9.17, 15) is 0 Å². The van der Waals surface area contributed by atoms with E-state index in [1.165, 1.54) is 5.57 Å². The van der Waals surface area contributed by atoms with Crippen LogP contribution >= 0.6 is 0 Å². The summed E-state index contributed by atoms with van der Waals surface area (Å²) in [5.74, 6) is 2.55. The Morgan fingerprint density at radius 1 is 1.16 bits per heavy atom. The van der Waals surface area contributed by atoms with Crippen molar-refractivity contribution in [2.45, 2.75) is 19.3 Å². The number of aromatic amines is 1. The number of benzene rings is 1. The van der Waals surface area contributed by atoms with Crippen molar-refractivity contribution >= 4 is 16.6 Å². The predicted octanol–water partition coefficient (Wildman–Crippen LogP) is 4.24. The van der Waals surface area contributed by atoms with Gasteiger partial charge in [-0.15, -0.1) is 0 Å². The molecule has 0 amide bonds. The molecule has 0 bridgehead atoms. The molecule has 25 heavy (non-hydrogen) atoms. The minimum absolute atomic E-state index is 0.542. The third-order valence-electron chi connectivity index (χ3n) is 4.10. The van der Waals surface area contributed by atoms with Gasteiger partial charge in [0.2, 0.25) is 0 Å². The largest absolute Gasteiger partial charge is 0.497 e. The summed E-state index contributed by atoms with van der Waals surface area (Å²) in [6.07, 6.45) is 11.3. The van der Waals surface area contributed by atoms with Crippen LogP contribution in [0.4, 0.5) is 0 Å². The highest BCUT2D eigenvalue weighted by Crippen LogP contribution is 2.25. The first kappa shape index (κ1) is 17.3. The van der Waals surface area contributed by atoms with Gasteiger partial charge in [0.15, 0.2) is 0 Å². The summed E-state index contributed by atoms with van der Waals surface area (Å²) in [7, 11) is 3.34. The maximum Gasteiger partial charge on any atom is 0.134 e. The van der Waals surface area contributed by atoms with Crippen molar-refractivity contribution in [1.82, 2.24) is 9.97 Å². The zero-order valence-electron chi connectivity index (χ0n) is 14.7. The Morgan fingerprint density at radius 2 is 2.08 bits per heavy atom. The van der Waals surface area contributed by atoms with E-state index < -0.39 is 0 Å². The normalized spacial score (nSPS) is 20.6. The topological polar surface area (TPSA) is 56.4 Å². The Hall–Kier alpha value is -2.53. The van der Waals surface area contributed by atoms with Gasteiger partial charge >= 0.3 is 0 Å². The molecule has 0 atom stereocenters. The van der Waals surface area contributed by atoms with Crippen molar-refractivity contribution in [3.8, 4) is 5.75 Å². The number of nitrogens with one attached hydrogen (secondary N) is 1. The molecule has 0 fully saturated rings. The second kappa shape index (κ2) is 8.53. The quantitative estimate of drug-likeness (QED) is 0.799. The van der Waals surface area contributed by atoms with E-state index in [2.05, 4.69) is 17.1 Å². The van der Waals surface area contributed by atoms with Crippen LogP contribution < -0.4 is 4.74 Å². The van der Waals surface area contributed by atoms with Crippen LogP contribution in [0.1, 0.15) is 25.1 Å². The minimum atomic E-state index is 0.542. The van der Waals surface area contributed by atoms with Gasteiger partial charge < -0.3 is 19.2 Å². The summed E-state index contributed by atoms with van der Waals surface area (Å²) in [6, 6.07) is 5.88. The predicted molar refractivity (Wildman–Crippen MR) is 99.5 cm³/mol. The molecule has 132 valence electrons. The highest BCUT2D eigenvalue weighted by atomic mass is 16.5. The summed E-state index contributed by atoms with van der Waals surface area (Å²) in [4.78, 5) is 8.14. The molecule has 1 aromatic heterocycles. The maximum atomic E-state index is 5.75. The highest BCUT2D eigenvalue weighted by Gasteiger charge is 2.09. The number of hydrogen-bond acceptors (Lipinski definition) is 4. The Morgan fingerprint density at radius 3 is 2.92 bits per heavy atom. The first-order valence-electron chi connectivity index (χ1n) is 8.53. The fourth-order valence-corrected chi connectivity index (χ4v) is 2.73. The van der Waals surface area contributed by atoms with Crippen molar-refractivity contribution < 1.29 is 14.2 Å². The molecule has 2 aromatic rings. The molecule has 1 aliphatic carbocycles. The van der Waals surface area contributed by atoms with E-state index >= 15 is 0 Å². The van der Waals surface area contributed by atoms with Crippen LogP contribution in [0.25, 0.3) is 16.6 Å². The van der Waals surface area contributed by atoms with Crippen LogP contribution in [0.3, 0.4) is 0 Å². The van der Waals surface area contributed by atoms with E-state index in [1.807, 2.05) is 30.4 Å². The second-order valence-electron chi connectivity index (χ2n) is 5.87. The van der Waals surface area contributed by atoms with Crippen molar-refractivity contribution in [3.05, 3.63) is 54.1 Å². The summed E-state index contributed by atoms with van der Waals surface area (Å²) in [5, 5.41) is 0. The lowest BCUT2D eigenvalue weighted by atomic mass is 10.1. The molecule has 1 heterocycles. The van der Waals surface area contributed by atoms with Crippen molar-refractivity contribution in [3.63, 3.8) is 0 Å². The second-order valence-corrected chi connectivity index (χ2v) is 5.87. The minimum Gasteiger partial charge on any atom is -0.497 e. The summed E-state index contributed by atoms with van der Waals surface area (Å²) in [5.41, 5.74) is 3.09. The van der Waals surface area contributed by atoms with Crippen LogP contribution in [-0.2, 0) is 9.47 Å². The van der Waals surface area contributed by atoms with Crippen molar-refractivity contribution in [2.24, 2.45) is 0 Å². The van der Waals surface area contributed by atoms with Gasteiger partial charge in [0, 0.05) is 13.2 Å². The molecule has 0 radical (unpaired) electrons. The number of aromatic nitrogens is 2. The monoisotopic (exact) mass is 340 g/mol. The van der Waals surface area contributed by atoms with Crippen molar-refractivity contribution in [2.75, 3.05) is 27.4 Å². The number of hydrogen-bond donors (Lipinski definition) is 1. The van der Waals surface area contributed by atoms with Gasteiger partial charge in [-0.25, -0.2) is 4.98 Å². The SMILES string of the molecule is COCCOC1=C/C=C(/c2nc3cc(OC)ccc3[nH]2)CCC/C=C\1. The molecule has 0 spiro atoms. The average Bonchev–Trinajstić information content (AvgIpc) is 3.09. The average molecular weight is 340 g/mol. The molecular weight excluding hydrogens is 316 g/mol. The summed E-state index contributed by atoms with van der Waals surface area (Å²) in [6.45, 7) is 1.12. The fourth-order valence-electron chi connectivity index (χ4n) is 2.73. The number of imidazole rings is 1. The lowest BCUT2D eigenvalue weighted by Gasteiger charge is -2.05. The Bertz CT molecular complexity index is 802. The Labute approximate surface area is 148 Å². The lowest BCUT2D eigenvalue weighted by Crippen LogP contribution is -2.00. The number of nitrogens with zero attached hydrogens (tertiary/aromatic N) is 1. The highest BCUT2D eigenvalue weighted by molar-refractivity contribution is 5.80. The molecule has 0 saturated heterocycles. The molecule has 1 aliphatic rings. The van der Waals surface area contributed by atoms with Gasteiger partial charge in [0.1, 0.15) is 23.9 Å². The van der Waals surface area contributed by atoms with E-state index in [1.54, 1.807) is 14.2 Å². The van der Waals surface area contributed by atoms with Gasteiger partial charge in [-0.05, 0) is 49.1 Å². The van der Waals surface area contributed by atoms with Crippen LogP contribution in [0.2, 0.25) is 0 Å². The van der Waals surface area contributed by atoms with Crippen LogP contribution in [0, 0.1) is 0 Å². The van der Waals surface area contributed by atoms with E-state index in [0.29, 0.717) is 13.2 Å². The van der Waals surface area contributed by atoms with E-state index in [4.69, 9.17) is 19.2 Å². The molecule has 0 aliphatic heterocycles. The molecule has 1 N–H and O–H groups in total. The van der Waals surface area contributed by atoms with Crippen LogP contribution in [0.5, 0.6) is 5.75 Å². The number of allylic oxidation sites excluding steroid dienone is 5. The van der Waals surface area contributed by atoms with Crippen LogP contribution in [-0.4, -0.2) is 37.4 Å². The van der Waals surface area contributed by atoms with Crippen LogP contribution in [0.15, 0.2) is 48.3 Å². The maximum absolute atomic E-state index is 5.75. The first-order valence-corrected chi connectivity index (χ1v) is 8.53. The molecular formula is C20H24N2O3. The van der Waals surface area contributed by atoms with E-state index in [0.717, 1.165) is 47.6 Å². The molecule has 5 nitrogen and oxygen atoms in total. The van der Waals surface area contributed by atoms with Gasteiger partial charge in [-0.1, -0.05) is 12.2 Å². The van der Waals surface area contributed by atoms with Gasteiger partial charge in [-0.3, -0.25) is 0 Å². The number of rotatable bonds is 6. The molecule has 3 rings (SSSR count). The number of fused-ring (bicyclic) bond motifs is 1. The standard InChI is InChI=1S/C20H24N2O3/c1-23-12-13-25-16-7-5-3-4-6-15(8-9-16)20-21-18-11-10-17(24-2)14-19(18)22-20/h5,7-11,14H,3-4,6,12-13H2,1-2H3,(H,21,22)/b7-5-,15-8+,16-9+.